The molecule has 3 nitrogen and oxygen atoms in total. The highest BCUT2D eigenvalue weighted by Crippen LogP contribution is 2.37. The second-order valence-corrected chi connectivity index (χ2v) is 11.0. The fourth-order valence-corrected chi connectivity index (χ4v) is 2.40. The van der Waals surface area contributed by atoms with Crippen LogP contribution in [0.25, 0.3) is 0 Å². The Morgan fingerprint density at radius 2 is 2.12 bits per heavy atom. The van der Waals surface area contributed by atoms with Gasteiger partial charge in [0.2, 0.25) is 0 Å². The summed E-state index contributed by atoms with van der Waals surface area (Å²) in [4.78, 5) is 11.1. The minimum atomic E-state index is -1.71. The second kappa shape index (κ2) is 4.94. The number of ether oxygens (including phenoxy) is 1. The first kappa shape index (κ1) is 14.4. The SMILES string of the molecule is CC(=O)C1=CCC(CO[Si](C)(C)C(C)(C)C)O1. The maximum Gasteiger partial charge on any atom is 0.193 e. The summed E-state index contributed by atoms with van der Waals surface area (Å²) in [6.07, 6.45) is 2.66. The van der Waals surface area contributed by atoms with Gasteiger partial charge in [-0.05, 0) is 24.2 Å². The molecule has 0 radical (unpaired) electrons. The van der Waals surface area contributed by atoms with E-state index in [1.807, 2.05) is 6.08 Å². The van der Waals surface area contributed by atoms with Crippen LogP contribution in [-0.2, 0) is 14.0 Å². The molecule has 0 aromatic rings. The molecule has 17 heavy (non-hydrogen) atoms. The summed E-state index contributed by atoms with van der Waals surface area (Å²) in [7, 11) is -1.71. The maximum absolute atomic E-state index is 11.1. The number of carbonyl (C=O) groups excluding carboxylic acids is 1. The zero-order valence-electron chi connectivity index (χ0n) is 11.8. The minimum Gasteiger partial charge on any atom is -0.484 e. The summed E-state index contributed by atoms with van der Waals surface area (Å²) in [5, 5.41) is 0.211. The maximum atomic E-state index is 11.1. The van der Waals surface area contributed by atoms with E-state index in [-0.39, 0.29) is 16.9 Å². The van der Waals surface area contributed by atoms with Crippen molar-refractivity contribution in [2.75, 3.05) is 6.61 Å². The molecule has 1 atom stereocenters. The van der Waals surface area contributed by atoms with E-state index in [0.29, 0.717) is 12.4 Å². The number of hydrogen-bond acceptors (Lipinski definition) is 3. The van der Waals surface area contributed by atoms with Crippen LogP contribution in [-0.4, -0.2) is 26.8 Å². The molecule has 0 fully saturated rings. The van der Waals surface area contributed by atoms with Gasteiger partial charge < -0.3 is 9.16 Å². The van der Waals surface area contributed by atoms with Crippen molar-refractivity contribution < 1.29 is 14.0 Å². The van der Waals surface area contributed by atoms with E-state index in [2.05, 4.69) is 33.9 Å². The second-order valence-electron chi connectivity index (χ2n) is 6.17. The van der Waals surface area contributed by atoms with Crippen LogP contribution < -0.4 is 0 Å². The number of hydrogen-bond donors (Lipinski definition) is 0. The number of ketones is 1. The molecule has 0 saturated carbocycles. The van der Waals surface area contributed by atoms with Crippen molar-refractivity contribution in [1.82, 2.24) is 0 Å². The van der Waals surface area contributed by atoms with Gasteiger partial charge in [-0.1, -0.05) is 20.8 Å². The van der Waals surface area contributed by atoms with Crippen molar-refractivity contribution >= 4 is 14.1 Å². The monoisotopic (exact) mass is 256 g/mol. The van der Waals surface area contributed by atoms with Crippen LogP contribution in [0.3, 0.4) is 0 Å². The third kappa shape index (κ3) is 3.68. The molecule has 0 saturated heterocycles. The summed E-state index contributed by atoms with van der Waals surface area (Å²) in [6, 6.07) is 0. The lowest BCUT2D eigenvalue weighted by atomic mass is 10.2. The molecule has 1 unspecified atom stereocenters. The van der Waals surface area contributed by atoms with Crippen LogP contribution >= 0.6 is 0 Å². The first-order valence-corrected chi connectivity index (χ1v) is 9.06. The molecule has 1 rings (SSSR count). The van der Waals surface area contributed by atoms with Crippen LogP contribution in [0.1, 0.15) is 34.1 Å². The number of rotatable bonds is 4. The molecule has 0 aromatic heterocycles. The number of allylic oxidation sites excluding steroid dienone is 1. The standard InChI is InChI=1S/C13H24O3Si/c1-10(14)12-8-7-11(16-12)9-15-17(5,6)13(2,3)4/h8,11H,7,9H2,1-6H3. The van der Waals surface area contributed by atoms with E-state index in [1.165, 1.54) is 6.92 Å². The lowest BCUT2D eigenvalue weighted by molar-refractivity contribution is -0.117. The quantitative estimate of drug-likeness (QED) is 0.724. The van der Waals surface area contributed by atoms with Crippen LogP contribution in [0.5, 0.6) is 0 Å². The minimum absolute atomic E-state index is 0.000161. The molecular formula is C13H24O3Si. The molecular weight excluding hydrogens is 232 g/mol. The van der Waals surface area contributed by atoms with E-state index in [9.17, 15) is 4.79 Å². The Morgan fingerprint density at radius 1 is 1.53 bits per heavy atom. The van der Waals surface area contributed by atoms with Crippen molar-refractivity contribution in [1.29, 1.82) is 0 Å². The molecule has 0 amide bonds. The zero-order valence-corrected chi connectivity index (χ0v) is 12.8. The molecule has 0 aliphatic carbocycles. The predicted molar refractivity (Wildman–Crippen MR) is 71.4 cm³/mol. The molecule has 1 aliphatic rings. The van der Waals surface area contributed by atoms with Gasteiger partial charge in [0.25, 0.3) is 0 Å². The molecule has 0 spiro atoms. The Morgan fingerprint density at radius 3 is 2.53 bits per heavy atom. The lowest BCUT2D eigenvalue weighted by Gasteiger charge is -2.36. The Hall–Kier alpha value is -0.613. The van der Waals surface area contributed by atoms with E-state index >= 15 is 0 Å². The van der Waals surface area contributed by atoms with Crippen LogP contribution in [0, 0.1) is 0 Å². The van der Waals surface area contributed by atoms with Crippen molar-refractivity contribution in [3.05, 3.63) is 11.8 Å². The average Bonchev–Trinajstić information content (AvgIpc) is 2.61. The van der Waals surface area contributed by atoms with E-state index in [4.69, 9.17) is 9.16 Å². The summed E-state index contributed by atoms with van der Waals surface area (Å²) >= 11 is 0. The van der Waals surface area contributed by atoms with Crippen molar-refractivity contribution in [2.45, 2.75) is 58.4 Å². The summed E-state index contributed by atoms with van der Waals surface area (Å²) in [5.41, 5.74) is 0. The van der Waals surface area contributed by atoms with Gasteiger partial charge in [-0.2, -0.15) is 0 Å². The van der Waals surface area contributed by atoms with Gasteiger partial charge in [-0.15, -0.1) is 0 Å². The van der Waals surface area contributed by atoms with Crippen molar-refractivity contribution in [2.24, 2.45) is 0 Å². The van der Waals surface area contributed by atoms with Gasteiger partial charge in [0, 0.05) is 13.3 Å². The highest BCUT2D eigenvalue weighted by molar-refractivity contribution is 6.74. The van der Waals surface area contributed by atoms with E-state index in [1.54, 1.807) is 0 Å². The van der Waals surface area contributed by atoms with Gasteiger partial charge >= 0.3 is 0 Å². The fourth-order valence-electron chi connectivity index (χ4n) is 1.36. The smallest absolute Gasteiger partial charge is 0.193 e. The first-order valence-electron chi connectivity index (χ1n) is 6.15. The Labute approximate surface area is 105 Å². The normalized spacial score (nSPS) is 21.1. The first-order chi connectivity index (χ1) is 7.63. The summed E-state index contributed by atoms with van der Waals surface area (Å²) in [6.45, 7) is 13.2. The van der Waals surface area contributed by atoms with Crippen LogP contribution in [0.2, 0.25) is 18.1 Å². The lowest BCUT2D eigenvalue weighted by Crippen LogP contribution is -2.42. The predicted octanol–water partition coefficient (Wildman–Crippen LogP) is 3.27. The molecule has 98 valence electrons. The van der Waals surface area contributed by atoms with Crippen LogP contribution in [0.15, 0.2) is 11.8 Å². The fraction of sp³-hybridized carbons (Fsp3) is 0.769. The highest BCUT2D eigenvalue weighted by Gasteiger charge is 2.38. The Kier molecular flexibility index (Phi) is 4.20. The van der Waals surface area contributed by atoms with Gasteiger partial charge in [0.15, 0.2) is 19.9 Å². The molecule has 1 heterocycles. The number of Topliss-reactive ketones (excluding diaryl/α,β-unsaturated/α-hetero) is 1. The number of carbonyl (C=O) groups is 1. The van der Waals surface area contributed by atoms with Crippen molar-refractivity contribution in [3.63, 3.8) is 0 Å². The topological polar surface area (TPSA) is 35.5 Å². The molecule has 0 aromatic carbocycles. The molecule has 1 aliphatic heterocycles. The highest BCUT2D eigenvalue weighted by atomic mass is 28.4. The molecule has 0 N–H and O–H groups in total. The average molecular weight is 256 g/mol. The van der Waals surface area contributed by atoms with E-state index in [0.717, 1.165) is 6.42 Å². The van der Waals surface area contributed by atoms with Crippen LogP contribution in [0.4, 0.5) is 0 Å². The van der Waals surface area contributed by atoms with Gasteiger partial charge in [-0.3, -0.25) is 4.79 Å². The molecule has 4 heteroatoms. The van der Waals surface area contributed by atoms with Gasteiger partial charge in [-0.25, -0.2) is 0 Å². The van der Waals surface area contributed by atoms with Gasteiger partial charge in [0.1, 0.15) is 6.10 Å². The summed E-state index contributed by atoms with van der Waals surface area (Å²) in [5.74, 6) is 0.494. The van der Waals surface area contributed by atoms with Gasteiger partial charge in [0.05, 0.1) is 6.61 Å². The van der Waals surface area contributed by atoms with E-state index < -0.39 is 8.32 Å². The third-order valence-electron chi connectivity index (χ3n) is 3.64. The largest absolute Gasteiger partial charge is 0.484 e. The Balaban J connectivity index is 2.42. The Bertz CT molecular complexity index is 326. The molecule has 0 bridgehead atoms. The summed E-state index contributed by atoms with van der Waals surface area (Å²) < 4.78 is 11.6. The third-order valence-corrected chi connectivity index (χ3v) is 8.14. The zero-order chi connectivity index (χ0) is 13.3. The van der Waals surface area contributed by atoms with Crippen molar-refractivity contribution in [3.8, 4) is 0 Å².